The molecular formula is C19H22N2O2S. The number of rotatable bonds is 4. The van der Waals surface area contributed by atoms with E-state index in [0.29, 0.717) is 16.6 Å². The topological polar surface area (TPSA) is 53.4 Å². The van der Waals surface area contributed by atoms with Crippen LogP contribution in [0.5, 0.6) is 0 Å². The van der Waals surface area contributed by atoms with Crippen LogP contribution >= 0.6 is 11.8 Å². The van der Waals surface area contributed by atoms with Gasteiger partial charge in [0.05, 0.1) is 12.3 Å². The quantitative estimate of drug-likeness (QED) is 0.926. The summed E-state index contributed by atoms with van der Waals surface area (Å²) in [5, 5.41) is 9.71. The van der Waals surface area contributed by atoms with Crippen LogP contribution in [0, 0.1) is 6.92 Å². The summed E-state index contributed by atoms with van der Waals surface area (Å²) >= 11 is 1.92. The number of benzene rings is 1. The third kappa shape index (κ3) is 3.97. The number of amides is 1. The molecule has 1 aliphatic heterocycles. The molecule has 24 heavy (non-hydrogen) atoms. The second-order valence-corrected chi connectivity index (χ2v) is 7.39. The van der Waals surface area contributed by atoms with E-state index in [1.54, 1.807) is 18.2 Å². The zero-order chi connectivity index (χ0) is 16.9. The van der Waals surface area contributed by atoms with Crippen molar-refractivity contribution >= 4 is 17.7 Å². The Balaban J connectivity index is 1.58. The van der Waals surface area contributed by atoms with Gasteiger partial charge < -0.3 is 10.0 Å². The highest BCUT2D eigenvalue weighted by atomic mass is 32.2. The Bertz CT molecular complexity index is 712. The summed E-state index contributed by atoms with van der Waals surface area (Å²) in [6.45, 7) is 3.51. The minimum absolute atomic E-state index is 0.0374. The van der Waals surface area contributed by atoms with Crippen molar-refractivity contribution in [2.45, 2.75) is 36.5 Å². The molecule has 2 aromatic rings. The van der Waals surface area contributed by atoms with Crippen molar-refractivity contribution < 1.29 is 9.90 Å². The summed E-state index contributed by atoms with van der Waals surface area (Å²) in [5.41, 5.74) is 2.27. The third-order valence-electron chi connectivity index (χ3n) is 4.30. The first-order chi connectivity index (χ1) is 11.7. The summed E-state index contributed by atoms with van der Waals surface area (Å²) in [4.78, 5) is 20.0. The molecule has 4 nitrogen and oxygen atoms in total. The molecule has 1 saturated heterocycles. The van der Waals surface area contributed by atoms with Crippen molar-refractivity contribution in [2.75, 3.05) is 13.1 Å². The maximum atomic E-state index is 12.6. The van der Waals surface area contributed by atoms with Crippen LogP contribution in [0.4, 0.5) is 0 Å². The summed E-state index contributed by atoms with van der Waals surface area (Å²) < 4.78 is 0. The number of nitrogens with zero attached hydrogens (tertiary/aromatic N) is 2. The fourth-order valence-electron chi connectivity index (χ4n) is 2.89. The van der Waals surface area contributed by atoms with Gasteiger partial charge in [0.1, 0.15) is 5.69 Å². The van der Waals surface area contributed by atoms with Crippen molar-refractivity contribution in [3.05, 3.63) is 59.4 Å². The maximum Gasteiger partial charge on any atom is 0.272 e. The zero-order valence-corrected chi connectivity index (χ0v) is 14.6. The molecule has 0 spiro atoms. The van der Waals surface area contributed by atoms with Crippen LogP contribution in [0.1, 0.15) is 34.6 Å². The van der Waals surface area contributed by atoms with E-state index in [9.17, 15) is 4.79 Å². The van der Waals surface area contributed by atoms with Crippen molar-refractivity contribution in [1.82, 2.24) is 9.88 Å². The van der Waals surface area contributed by atoms with Crippen LogP contribution < -0.4 is 0 Å². The number of hydrogen-bond acceptors (Lipinski definition) is 4. The Morgan fingerprint density at radius 2 is 1.96 bits per heavy atom. The highest BCUT2D eigenvalue weighted by molar-refractivity contribution is 8.00. The molecule has 126 valence electrons. The second-order valence-electron chi connectivity index (χ2n) is 6.05. The average Bonchev–Trinajstić information content (AvgIpc) is 2.64. The number of thioether (sulfide) groups is 1. The lowest BCUT2D eigenvalue weighted by Gasteiger charge is -2.31. The Morgan fingerprint density at radius 1 is 1.21 bits per heavy atom. The SMILES string of the molecule is Cc1ccccc1SC1CCN(C(=O)c2cccc(CO)n2)CC1. The Labute approximate surface area is 146 Å². The van der Waals surface area contributed by atoms with Crippen LogP contribution in [0.25, 0.3) is 0 Å². The number of aryl methyl sites for hydroxylation is 1. The summed E-state index contributed by atoms with van der Waals surface area (Å²) in [6, 6.07) is 13.7. The van der Waals surface area contributed by atoms with E-state index >= 15 is 0 Å². The molecule has 1 fully saturated rings. The Hall–Kier alpha value is -1.85. The van der Waals surface area contributed by atoms with Gasteiger partial charge in [0, 0.05) is 23.2 Å². The van der Waals surface area contributed by atoms with Gasteiger partial charge in [-0.3, -0.25) is 4.79 Å². The molecule has 2 heterocycles. The van der Waals surface area contributed by atoms with E-state index in [2.05, 4.69) is 36.2 Å². The van der Waals surface area contributed by atoms with Crippen LogP contribution in [0.2, 0.25) is 0 Å². The lowest BCUT2D eigenvalue weighted by molar-refractivity contribution is 0.0721. The number of carbonyl (C=O) groups is 1. The van der Waals surface area contributed by atoms with Crippen LogP contribution in [0.15, 0.2) is 47.4 Å². The van der Waals surface area contributed by atoms with E-state index in [1.807, 2.05) is 16.7 Å². The zero-order valence-electron chi connectivity index (χ0n) is 13.8. The number of aromatic nitrogens is 1. The number of aliphatic hydroxyl groups excluding tert-OH is 1. The molecule has 1 amide bonds. The second kappa shape index (κ2) is 7.81. The van der Waals surface area contributed by atoms with Crippen molar-refractivity contribution in [3.63, 3.8) is 0 Å². The molecule has 1 aromatic carbocycles. The van der Waals surface area contributed by atoms with Crippen LogP contribution in [-0.2, 0) is 6.61 Å². The van der Waals surface area contributed by atoms with Crippen molar-refractivity contribution in [1.29, 1.82) is 0 Å². The first-order valence-electron chi connectivity index (χ1n) is 8.25. The van der Waals surface area contributed by atoms with Crippen LogP contribution in [-0.4, -0.2) is 39.2 Å². The Kier molecular flexibility index (Phi) is 5.53. The Morgan fingerprint density at radius 3 is 2.67 bits per heavy atom. The number of hydrogen-bond donors (Lipinski definition) is 1. The first-order valence-corrected chi connectivity index (χ1v) is 9.13. The fraction of sp³-hybridized carbons (Fsp3) is 0.368. The number of pyridine rings is 1. The van der Waals surface area contributed by atoms with E-state index in [1.165, 1.54) is 10.5 Å². The maximum absolute atomic E-state index is 12.6. The van der Waals surface area contributed by atoms with E-state index in [4.69, 9.17) is 5.11 Å². The van der Waals surface area contributed by atoms with Gasteiger partial charge in [0.2, 0.25) is 0 Å². The smallest absolute Gasteiger partial charge is 0.272 e. The lowest BCUT2D eigenvalue weighted by Crippen LogP contribution is -2.39. The highest BCUT2D eigenvalue weighted by Gasteiger charge is 2.25. The summed E-state index contributed by atoms with van der Waals surface area (Å²) in [5.74, 6) is -0.0374. The summed E-state index contributed by atoms with van der Waals surface area (Å²) in [6.07, 6.45) is 1.98. The molecule has 3 rings (SSSR count). The number of likely N-dealkylation sites (tertiary alicyclic amines) is 1. The number of aliphatic hydroxyl groups is 1. The van der Waals surface area contributed by atoms with Gasteiger partial charge in [-0.1, -0.05) is 24.3 Å². The van der Waals surface area contributed by atoms with Gasteiger partial charge in [0.25, 0.3) is 5.91 Å². The van der Waals surface area contributed by atoms with Gasteiger partial charge in [-0.2, -0.15) is 0 Å². The molecule has 0 radical (unpaired) electrons. The third-order valence-corrected chi connectivity index (χ3v) is 5.82. The number of carbonyl (C=O) groups excluding carboxylic acids is 1. The molecule has 0 aliphatic carbocycles. The monoisotopic (exact) mass is 342 g/mol. The normalized spacial score (nSPS) is 15.5. The molecule has 1 N–H and O–H groups in total. The predicted molar refractivity (Wildman–Crippen MR) is 96.1 cm³/mol. The van der Waals surface area contributed by atoms with Crippen LogP contribution in [0.3, 0.4) is 0 Å². The molecule has 0 bridgehead atoms. The van der Waals surface area contributed by atoms with E-state index in [-0.39, 0.29) is 12.5 Å². The minimum atomic E-state index is -0.143. The minimum Gasteiger partial charge on any atom is -0.390 e. The summed E-state index contributed by atoms with van der Waals surface area (Å²) in [7, 11) is 0. The van der Waals surface area contributed by atoms with Gasteiger partial charge >= 0.3 is 0 Å². The lowest BCUT2D eigenvalue weighted by atomic mass is 10.1. The molecule has 0 unspecified atom stereocenters. The molecular weight excluding hydrogens is 320 g/mol. The van der Waals surface area contributed by atoms with E-state index < -0.39 is 0 Å². The van der Waals surface area contributed by atoms with Gasteiger partial charge in [0.15, 0.2) is 0 Å². The molecule has 0 atom stereocenters. The molecule has 1 aliphatic rings. The molecule has 1 aromatic heterocycles. The largest absolute Gasteiger partial charge is 0.390 e. The standard InChI is InChI=1S/C19H22N2O2S/c1-14-5-2-3-8-18(14)24-16-9-11-21(12-10-16)19(23)17-7-4-6-15(13-22)20-17/h2-8,16,22H,9-13H2,1H3. The number of piperidine rings is 1. The average molecular weight is 342 g/mol. The van der Waals surface area contributed by atoms with Crippen molar-refractivity contribution in [2.24, 2.45) is 0 Å². The fourth-order valence-corrected chi connectivity index (χ4v) is 4.11. The molecule has 0 saturated carbocycles. The van der Waals surface area contributed by atoms with Gasteiger partial charge in [-0.15, -0.1) is 11.8 Å². The van der Waals surface area contributed by atoms with Gasteiger partial charge in [-0.25, -0.2) is 4.98 Å². The van der Waals surface area contributed by atoms with Crippen molar-refractivity contribution in [3.8, 4) is 0 Å². The highest BCUT2D eigenvalue weighted by Crippen LogP contribution is 2.32. The van der Waals surface area contributed by atoms with Gasteiger partial charge in [-0.05, 0) is 43.5 Å². The predicted octanol–water partition coefficient (Wildman–Crippen LogP) is 3.28. The molecule has 5 heteroatoms. The van der Waals surface area contributed by atoms with E-state index in [0.717, 1.165) is 25.9 Å². The first kappa shape index (κ1) is 17.0.